The highest BCUT2D eigenvalue weighted by Gasteiger charge is 2.35. The molecular formula is C23H31IN2. The smallest absolute Gasteiger partial charge is 0.0237 e. The van der Waals surface area contributed by atoms with Gasteiger partial charge in [0.1, 0.15) is 0 Å². The van der Waals surface area contributed by atoms with E-state index in [0.717, 1.165) is 6.54 Å². The van der Waals surface area contributed by atoms with Crippen LogP contribution in [0.3, 0.4) is 0 Å². The zero-order chi connectivity index (χ0) is 17.8. The highest BCUT2D eigenvalue weighted by atomic mass is 127. The summed E-state index contributed by atoms with van der Waals surface area (Å²) < 4.78 is 0.501. The Morgan fingerprint density at radius 1 is 1.04 bits per heavy atom. The van der Waals surface area contributed by atoms with E-state index in [2.05, 4.69) is 75.7 Å². The first-order chi connectivity index (χ1) is 12.7. The van der Waals surface area contributed by atoms with Crippen molar-refractivity contribution in [2.45, 2.75) is 73.4 Å². The lowest BCUT2D eigenvalue weighted by Crippen LogP contribution is -2.48. The van der Waals surface area contributed by atoms with Crippen LogP contribution in [0.15, 0.2) is 42.5 Å². The quantitative estimate of drug-likeness (QED) is 0.433. The van der Waals surface area contributed by atoms with E-state index in [0.29, 0.717) is 15.5 Å². The van der Waals surface area contributed by atoms with Gasteiger partial charge in [0.25, 0.3) is 0 Å². The molecule has 2 unspecified atom stereocenters. The summed E-state index contributed by atoms with van der Waals surface area (Å²) in [4.78, 5) is 0. The van der Waals surface area contributed by atoms with Crippen molar-refractivity contribution in [3.8, 4) is 0 Å². The Morgan fingerprint density at radius 3 is 2.62 bits per heavy atom. The SMILES string of the molecule is IC1(CC(NCc2ccc3ccccc3c2)C2CCCN2)CCCCC1. The van der Waals surface area contributed by atoms with Crippen LogP contribution in [0, 0.1) is 0 Å². The van der Waals surface area contributed by atoms with Crippen LogP contribution in [0.5, 0.6) is 0 Å². The number of hydrogen-bond donors (Lipinski definition) is 2. The molecular weight excluding hydrogens is 431 g/mol. The standard InChI is InChI=1S/C23H31IN2/c24-23(12-4-1-5-13-23)16-22(21-9-6-14-25-21)26-17-18-10-11-19-7-2-3-8-20(19)15-18/h2-3,7-8,10-11,15,21-22,25-26H,1,4-6,9,12-14,16-17H2. The lowest BCUT2D eigenvalue weighted by Gasteiger charge is -2.37. The molecule has 2 nitrogen and oxygen atoms in total. The van der Waals surface area contributed by atoms with Gasteiger partial charge >= 0.3 is 0 Å². The first-order valence-electron chi connectivity index (χ1n) is 10.4. The number of hydrogen-bond acceptors (Lipinski definition) is 2. The molecule has 1 aliphatic carbocycles. The van der Waals surface area contributed by atoms with E-state index < -0.39 is 0 Å². The maximum Gasteiger partial charge on any atom is 0.0237 e. The molecule has 2 aromatic rings. The van der Waals surface area contributed by atoms with E-state index in [-0.39, 0.29) is 0 Å². The predicted octanol–water partition coefficient (Wildman–Crippen LogP) is 5.58. The highest BCUT2D eigenvalue weighted by Crippen LogP contribution is 2.40. The maximum absolute atomic E-state index is 3.95. The zero-order valence-corrected chi connectivity index (χ0v) is 17.8. The predicted molar refractivity (Wildman–Crippen MR) is 120 cm³/mol. The molecule has 1 saturated carbocycles. The summed E-state index contributed by atoms with van der Waals surface area (Å²) in [5, 5.41) is 10.4. The molecule has 0 bridgehead atoms. The Labute approximate surface area is 171 Å². The van der Waals surface area contributed by atoms with Gasteiger partial charge in [0.15, 0.2) is 0 Å². The zero-order valence-electron chi connectivity index (χ0n) is 15.6. The third-order valence-corrected chi connectivity index (χ3v) is 7.82. The summed E-state index contributed by atoms with van der Waals surface area (Å²) in [6.45, 7) is 2.16. The number of fused-ring (bicyclic) bond motifs is 1. The number of benzene rings is 2. The Balaban J connectivity index is 1.44. The topological polar surface area (TPSA) is 24.1 Å². The lowest BCUT2D eigenvalue weighted by atomic mass is 9.83. The van der Waals surface area contributed by atoms with E-state index in [1.54, 1.807) is 0 Å². The van der Waals surface area contributed by atoms with Crippen LogP contribution in [-0.4, -0.2) is 22.1 Å². The van der Waals surface area contributed by atoms with Crippen molar-refractivity contribution in [2.24, 2.45) is 0 Å². The van der Waals surface area contributed by atoms with Gasteiger partial charge in [0, 0.05) is 22.1 Å². The molecule has 4 rings (SSSR count). The van der Waals surface area contributed by atoms with Gasteiger partial charge in [-0.2, -0.15) is 0 Å². The minimum atomic E-state index is 0.501. The molecule has 1 saturated heterocycles. The fraction of sp³-hybridized carbons (Fsp3) is 0.565. The van der Waals surface area contributed by atoms with E-state index >= 15 is 0 Å². The molecule has 0 radical (unpaired) electrons. The molecule has 2 atom stereocenters. The molecule has 3 heteroatoms. The van der Waals surface area contributed by atoms with Crippen molar-refractivity contribution >= 4 is 33.4 Å². The molecule has 0 amide bonds. The third-order valence-electron chi connectivity index (χ3n) is 6.30. The second kappa shape index (κ2) is 8.57. The molecule has 140 valence electrons. The minimum Gasteiger partial charge on any atom is -0.312 e. The van der Waals surface area contributed by atoms with Gasteiger partial charge in [0.05, 0.1) is 0 Å². The van der Waals surface area contributed by atoms with Gasteiger partial charge in [-0.1, -0.05) is 78.3 Å². The van der Waals surface area contributed by atoms with E-state index in [9.17, 15) is 0 Å². The first-order valence-corrected chi connectivity index (χ1v) is 11.4. The average molecular weight is 462 g/mol. The summed E-state index contributed by atoms with van der Waals surface area (Å²) in [7, 11) is 0. The van der Waals surface area contributed by atoms with E-state index in [1.165, 1.54) is 74.2 Å². The first kappa shape index (κ1) is 18.7. The molecule has 2 fully saturated rings. The molecule has 1 aliphatic heterocycles. The average Bonchev–Trinajstić information content (AvgIpc) is 3.20. The van der Waals surface area contributed by atoms with Gasteiger partial charge in [-0.15, -0.1) is 0 Å². The van der Waals surface area contributed by atoms with Crippen LogP contribution in [0.4, 0.5) is 0 Å². The fourth-order valence-electron chi connectivity index (χ4n) is 4.79. The summed E-state index contributed by atoms with van der Waals surface area (Å²) >= 11 is 2.79. The van der Waals surface area contributed by atoms with Crippen molar-refractivity contribution in [3.05, 3.63) is 48.0 Å². The molecule has 2 aliphatic rings. The Hall–Kier alpha value is -0.650. The van der Waals surface area contributed by atoms with Crippen molar-refractivity contribution in [2.75, 3.05) is 6.54 Å². The van der Waals surface area contributed by atoms with Gasteiger partial charge in [-0.3, -0.25) is 0 Å². The molecule has 26 heavy (non-hydrogen) atoms. The van der Waals surface area contributed by atoms with Gasteiger partial charge in [-0.25, -0.2) is 0 Å². The number of alkyl halides is 1. The Bertz CT molecular complexity index is 717. The summed E-state index contributed by atoms with van der Waals surface area (Å²) in [5.41, 5.74) is 1.40. The van der Waals surface area contributed by atoms with Gasteiger partial charge in [0.2, 0.25) is 0 Å². The van der Waals surface area contributed by atoms with Crippen molar-refractivity contribution in [1.82, 2.24) is 10.6 Å². The van der Waals surface area contributed by atoms with Crippen LogP contribution in [0.1, 0.15) is 56.9 Å². The van der Waals surface area contributed by atoms with Crippen LogP contribution < -0.4 is 10.6 Å². The highest BCUT2D eigenvalue weighted by molar-refractivity contribution is 14.1. The number of halogens is 1. The fourth-order valence-corrected chi connectivity index (χ4v) is 6.03. The van der Waals surface area contributed by atoms with Crippen LogP contribution in [0.25, 0.3) is 10.8 Å². The van der Waals surface area contributed by atoms with Crippen molar-refractivity contribution < 1.29 is 0 Å². The monoisotopic (exact) mass is 462 g/mol. The van der Waals surface area contributed by atoms with Crippen molar-refractivity contribution in [3.63, 3.8) is 0 Å². The van der Waals surface area contributed by atoms with Crippen LogP contribution in [-0.2, 0) is 6.54 Å². The lowest BCUT2D eigenvalue weighted by molar-refractivity contribution is 0.306. The largest absolute Gasteiger partial charge is 0.312 e. The number of nitrogens with one attached hydrogen (secondary N) is 2. The third kappa shape index (κ3) is 4.60. The second-order valence-corrected chi connectivity index (χ2v) is 10.6. The van der Waals surface area contributed by atoms with E-state index in [4.69, 9.17) is 0 Å². The van der Waals surface area contributed by atoms with Gasteiger partial charge < -0.3 is 10.6 Å². The normalized spacial score (nSPS) is 24.0. The summed E-state index contributed by atoms with van der Waals surface area (Å²) in [6.07, 6.45) is 11.0. The number of rotatable bonds is 6. The van der Waals surface area contributed by atoms with Crippen LogP contribution >= 0.6 is 22.6 Å². The Kier molecular flexibility index (Phi) is 6.17. The van der Waals surface area contributed by atoms with Gasteiger partial charge in [-0.05, 0) is 61.1 Å². The Morgan fingerprint density at radius 2 is 1.85 bits per heavy atom. The summed E-state index contributed by atoms with van der Waals surface area (Å²) in [5.74, 6) is 0. The molecule has 0 spiro atoms. The molecule has 0 aromatic heterocycles. The second-order valence-electron chi connectivity index (χ2n) is 8.29. The molecule has 1 heterocycles. The maximum atomic E-state index is 3.95. The minimum absolute atomic E-state index is 0.501. The summed E-state index contributed by atoms with van der Waals surface area (Å²) in [6, 6.07) is 16.8. The van der Waals surface area contributed by atoms with Crippen LogP contribution in [0.2, 0.25) is 0 Å². The molecule has 2 aromatic carbocycles. The van der Waals surface area contributed by atoms with Crippen molar-refractivity contribution in [1.29, 1.82) is 0 Å². The molecule has 2 N–H and O–H groups in total. The van der Waals surface area contributed by atoms with E-state index in [1.807, 2.05) is 0 Å².